The zero-order valence-electron chi connectivity index (χ0n) is 12.5. The summed E-state index contributed by atoms with van der Waals surface area (Å²) in [7, 11) is 1.82. The van der Waals surface area contributed by atoms with Crippen molar-refractivity contribution in [3.63, 3.8) is 0 Å². The molecule has 0 spiro atoms. The van der Waals surface area contributed by atoms with E-state index in [1.165, 1.54) is 0 Å². The lowest BCUT2D eigenvalue weighted by Crippen LogP contribution is -2.39. The molecule has 0 aliphatic heterocycles. The number of aromatic nitrogens is 1. The predicted octanol–water partition coefficient (Wildman–Crippen LogP) is 1.33. The molecule has 0 atom stereocenters. The molecule has 1 rings (SSSR count). The minimum Gasteiger partial charge on any atom is -0.389 e. The van der Waals surface area contributed by atoms with Crippen LogP contribution in [0.4, 0.5) is 5.82 Å². The first-order valence-corrected chi connectivity index (χ1v) is 7.07. The number of anilines is 1. The number of hydrogen-bond acceptors (Lipinski definition) is 4. The van der Waals surface area contributed by atoms with Crippen molar-refractivity contribution in [2.45, 2.75) is 20.8 Å². The molecule has 0 saturated heterocycles. The molecule has 5 nitrogen and oxygen atoms in total. The van der Waals surface area contributed by atoms with Crippen molar-refractivity contribution in [3.05, 3.63) is 23.4 Å². The smallest absolute Gasteiger partial charge is 0.242 e. The molecule has 6 heteroatoms. The van der Waals surface area contributed by atoms with Crippen LogP contribution < -0.4 is 10.6 Å². The average Bonchev–Trinajstić information content (AvgIpc) is 2.39. The number of hydrogen-bond donors (Lipinski definition) is 1. The first-order chi connectivity index (χ1) is 9.42. The molecule has 0 radical (unpaired) electrons. The van der Waals surface area contributed by atoms with Gasteiger partial charge in [0.15, 0.2) is 0 Å². The highest BCUT2D eigenvalue weighted by Crippen LogP contribution is 2.19. The summed E-state index contributed by atoms with van der Waals surface area (Å²) >= 11 is 5.08. The van der Waals surface area contributed by atoms with Crippen LogP contribution in [0.2, 0.25) is 0 Å². The highest BCUT2D eigenvalue weighted by molar-refractivity contribution is 7.80. The van der Waals surface area contributed by atoms with E-state index in [1.54, 1.807) is 16.0 Å². The fourth-order valence-electron chi connectivity index (χ4n) is 2.09. The van der Waals surface area contributed by atoms with Crippen molar-refractivity contribution < 1.29 is 4.79 Å². The van der Waals surface area contributed by atoms with Gasteiger partial charge >= 0.3 is 0 Å². The van der Waals surface area contributed by atoms with Gasteiger partial charge in [-0.1, -0.05) is 12.2 Å². The maximum atomic E-state index is 12.1. The molecule has 0 bridgehead atoms. The second kappa shape index (κ2) is 7.19. The van der Waals surface area contributed by atoms with Gasteiger partial charge in [-0.2, -0.15) is 0 Å². The minimum absolute atomic E-state index is 0.0645. The summed E-state index contributed by atoms with van der Waals surface area (Å²) < 4.78 is 0. The summed E-state index contributed by atoms with van der Waals surface area (Å²) in [4.78, 5) is 20.3. The van der Waals surface area contributed by atoms with E-state index in [1.807, 2.05) is 33.9 Å². The Morgan fingerprint density at radius 3 is 2.50 bits per heavy atom. The summed E-state index contributed by atoms with van der Waals surface area (Å²) in [6, 6.07) is 1.86. The molecule has 110 valence electrons. The second-order valence-electron chi connectivity index (χ2n) is 4.61. The first-order valence-electron chi connectivity index (χ1n) is 6.66. The van der Waals surface area contributed by atoms with Gasteiger partial charge in [0.25, 0.3) is 0 Å². The number of pyridine rings is 1. The van der Waals surface area contributed by atoms with Crippen LogP contribution in [-0.4, -0.2) is 47.5 Å². The fraction of sp³-hybridized carbons (Fsp3) is 0.500. The Balaban J connectivity index is 2.99. The summed E-state index contributed by atoms with van der Waals surface area (Å²) in [6.45, 7) is 7.52. The molecule has 0 aromatic carbocycles. The van der Waals surface area contributed by atoms with Crippen LogP contribution in [0.3, 0.4) is 0 Å². The monoisotopic (exact) mass is 294 g/mol. The summed E-state index contributed by atoms with van der Waals surface area (Å²) in [5.74, 6) is 0.715. The molecule has 2 N–H and O–H groups in total. The molecule has 0 aliphatic rings. The SMILES string of the molecule is CCN(CC)C(=O)CN(C)c1nccc(C)c1C(N)=S. The topological polar surface area (TPSA) is 62.5 Å². The van der Waals surface area contributed by atoms with E-state index < -0.39 is 0 Å². The Morgan fingerprint density at radius 1 is 1.40 bits per heavy atom. The third kappa shape index (κ3) is 3.66. The highest BCUT2D eigenvalue weighted by Gasteiger charge is 2.18. The van der Waals surface area contributed by atoms with Crippen LogP contribution in [-0.2, 0) is 4.79 Å². The highest BCUT2D eigenvalue weighted by atomic mass is 32.1. The average molecular weight is 294 g/mol. The van der Waals surface area contributed by atoms with Gasteiger partial charge in [-0.15, -0.1) is 0 Å². The predicted molar refractivity (Wildman–Crippen MR) is 86.1 cm³/mol. The third-order valence-corrected chi connectivity index (χ3v) is 3.44. The lowest BCUT2D eigenvalue weighted by Gasteiger charge is -2.25. The Labute approximate surface area is 125 Å². The van der Waals surface area contributed by atoms with E-state index in [4.69, 9.17) is 18.0 Å². The molecular weight excluding hydrogens is 272 g/mol. The zero-order valence-corrected chi connectivity index (χ0v) is 13.3. The molecule has 0 fully saturated rings. The quantitative estimate of drug-likeness (QED) is 0.802. The van der Waals surface area contributed by atoms with Crippen LogP contribution in [0.25, 0.3) is 0 Å². The number of carbonyl (C=O) groups is 1. The van der Waals surface area contributed by atoms with E-state index in [9.17, 15) is 4.79 Å². The summed E-state index contributed by atoms with van der Waals surface area (Å²) in [5.41, 5.74) is 7.46. The van der Waals surface area contributed by atoms with E-state index in [-0.39, 0.29) is 12.5 Å². The normalized spacial score (nSPS) is 10.2. The van der Waals surface area contributed by atoms with Crippen molar-refractivity contribution >= 4 is 28.9 Å². The van der Waals surface area contributed by atoms with Crippen molar-refractivity contribution in [2.24, 2.45) is 5.73 Å². The Morgan fingerprint density at radius 2 is 2.00 bits per heavy atom. The van der Waals surface area contributed by atoms with E-state index in [2.05, 4.69) is 4.98 Å². The van der Waals surface area contributed by atoms with Crippen molar-refractivity contribution in [1.82, 2.24) is 9.88 Å². The van der Waals surface area contributed by atoms with Crippen molar-refractivity contribution in [1.29, 1.82) is 0 Å². The van der Waals surface area contributed by atoms with Crippen LogP contribution in [0.1, 0.15) is 25.0 Å². The van der Waals surface area contributed by atoms with Gasteiger partial charge in [0.1, 0.15) is 10.8 Å². The molecule has 0 unspecified atom stereocenters. The number of likely N-dealkylation sites (N-methyl/N-ethyl adjacent to an activating group) is 2. The fourth-order valence-corrected chi connectivity index (χ4v) is 2.34. The largest absolute Gasteiger partial charge is 0.389 e. The van der Waals surface area contributed by atoms with Gasteiger partial charge in [0.2, 0.25) is 5.91 Å². The summed E-state index contributed by atoms with van der Waals surface area (Å²) in [5, 5.41) is 0. The molecule has 1 aromatic heterocycles. The van der Waals surface area contributed by atoms with Crippen LogP contribution in [0.5, 0.6) is 0 Å². The molecule has 1 amide bonds. The standard InChI is InChI=1S/C14H22N4OS/c1-5-18(6-2)11(19)9-17(4)14-12(13(15)20)10(3)7-8-16-14/h7-8H,5-6,9H2,1-4H3,(H2,15,20). The Kier molecular flexibility index (Phi) is 5.88. The van der Waals surface area contributed by atoms with Gasteiger partial charge in [0.05, 0.1) is 12.1 Å². The van der Waals surface area contributed by atoms with Crippen molar-refractivity contribution in [3.8, 4) is 0 Å². The van der Waals surface area contributed by atoms with Crippen LogP contribution in [0, 0.1) is 6.92 Å². The van der Waals surface area contributed by atoms with Gasteiger partial charge in [0, 0.05) is 26.3 Å². The van der Waals surface area contributed by atoms with E-state index >= 15 is 0 Å². The van der Waals surface area contributed by atoms with Crippen LogP contribution in [0.15, 0.2) is 12.3 Å². The lowest BCUT2D eigenvalue weighted by molar-refractivity contribution is -0.129. The van der Waals surface area contributed by atoms with Crippen molar-refractivity contribution in [2.75, 3.05) is 31.6 Å². The molecule has 20 heavy (non-hydrogen) atoms. The van der Waals surface area contributed by atoms with E-state index in [0.29, 0.717) is 23.9 Å². The minimum atomic E-state index is 0.0645. The third-order valence-electron chi connectivity index (χ3n) is 3.24. The molecule has 1 heterocycles. The second-order valence-corrected chi connectivity index (χ2v) is 5.05. The number of carbonyl (C=O) groups excluding carboxylic acids is 1. The first kappa shape index (κ1) is 16.4. The molecular formula is C14H22N4OS. The van der Waals surface area contributed by atoms with Gasteiger partial charge in [-0.05, 0) is 32.4 Å². The van der Waals surface area contributed by atoms with E-state index in [0.717, 1.165) is 11.1 Å². The Hall–Kier alpha value is -1.69. The number of amides is 1. The van der Waals surface area contributed by atoms with Gasteiger partial charge in [-0.3, -0.25) is 4.79 Å². The Bertz CT molecular complexity index is 500. The van der Waals surface area contributed by atoms with Gasteiger partial charge in [-0.25, -0.2) is 4.98 Å². The maximum absolute atomic E-state index is 12.1. The number of aryl methyl sites for hydroxylation is 1. The zero-order chi connectivity index (χ0) is 15.3. The number of rotatable bonds is 6. The molecule has 1 aromatic rings. The maximum Gasteiger partial charge on any atom is 0.242 e. The molecule has 0 aliphatic carbocycles. The number of nitrogens with two attached hydrogens (primary N) is 1. The summed E-state index contributed by atoms with van der Waals surface area (Å²) in [6.07, 6.45) is 1.70. The number of thiocarbonyl (C=S) groups is 1. The lowest BCUT2D eigenvalue weighted by atomic mass is 10.1. The molecule has 0 saturated carbocycles. The van der Waals surface area contributed by atoms with Gasteiger partial charge < -0.3 is 15.5 Å². The van der Waals surface area contributed by atoms with Crippen LogP contribution >= 0.6 is 12.2 Å². The number of nitrogens with zero attached hydrogens (tertiary/aromatic N) is 3.